The molecule has 0 amide bonds. The zero-order valence-corrected chi connectivity index (χ0v) is 12.8. The van der Waals surface area contributed by atoms with Crippen molar-refractivity contribution in [1.82, 2.24) is 14.5 Å². The number of fused-ring (bicyclic) bond motifs is 1. The number of rotatable bonds is 3. The number of imidazole rings is 1. The van der Waals surface area contributed by atoms with Crippen LogP contribution < -0.4 is 5.48 Å². The van der Waals surface area contributed by atoms with Crippen molar-refractivity contribution in [2.45, 2.75) is 27.3 Å². The lowest BCUT2D eigenvalue weighted by atomic mass is 10.1. The smallest absolute Gasteiger partial charge is 0.228 e. The summed E-state index contributed by atoms with van der Waals surface area (Å²) in [5.74, 6) is 0.451. The molecule has 0 aliphatic carbocycles. The van der Waals surface area contributed by atoms with Crippen LogP contribution in [0, 0.1) is 20.8 Å². The highest BCUT2D eigenvalue weighted by Gasteiger charge is 2.15. The van der Waals surface area contributed by atoms with Crippen molar-refractivity contribution in [3.63, 3.8) is 0 Å². The number of anilines is 1. The second-order valence-electron chi connectivity index (χ2n) is 5.50. The maximum Gasteiger partial charge on any atom is 0.228 e. The van der Waals surface area contributed by atoms with Crippen molar-refractivity contribution in [2.75, 3.05) is 5.48 Å². The van der Waals surface area contributed by atoms with Gasteiger partial charge in [0.1, 0.15) is 11.4 Å². The normalized spacial score (nSPS) is 11.1. The highest BCUT2D eigenvalue weighted by Crippen LogP contribution is 2.26. The fourth-order valence-electron chi connectivity index (χ4n) is 2.68. The Labute approximate surface area is 128 Å². The van der Waals surface area contributed by atoms with E-state index in [0.29, 0.717) is 18.2 Å². The summed E-state index contributed by atoms with van der Waals surface area (Å²) in [5, 5.41) is 19.4. The van der Waals surface area contributed by atoms with E-state index in [1.807, 2.05) is 32.9 Å². The van der Waals surface area contributed by atoms with Gasteiger partial charge in [0.25, 0.3) is 0 Å². The summed E-state index contributed by atoms with van der Waals surface area (Å²) in [7, 11) is 0. The molecule has 0 aliphatic heterocycles. The van der Waals surface area contributed by atoms with Crippen LogP contribution in [0.25, 0.3) is 11.0 Å². The van der Waals surface area contributed by atoms with Gasteiger partial charge in [-0.2, -0.15) is 0 Å². The molecule has 0 bridgehead atoms. The second kappa shape index (κ2) is 5.31. The van der Waals surface area contributed by atoms with Gasteiger partial charge in [-0.1, -0.05) is 6.07 Å². The number of nitrogens with zero attached hydrogens (tertiary/aromatic N) is 3. The number of nitrogens with one attached hydrogen (secondary N) is 1. The van der Waals surface area contributed by atoms with Crippen molar-refractivity contribution in [2.24, 2.45) is 0 Å². The lowest BCUT2D eigenvalue weighted by Gasteiger charge is -2.10. The summed E-state index contributed by atoms with van der Waals surface area (Å²) in [4.78, 5) is 8.78. The van der Waals surface area contributed by atoms with Crippen LogP contribution in [-0.4, -0.2) is 24.8 Å². The van der Waals surface area contributed by atoms with Crippen molar-refractivity contribution in [1.29, 1.82) is 0 Å². The minimum atomic E-state index is 0.126. The standard InChI is InChI=1S/C16H18N4O2/c1-9-6-10(2)15-13(7-9)20(16(18-15)19-22)8-12-14(21)5-4-11(3)17-12/h4-7,21-22H,8H2,1-3H3,(H,18,19). The lowest BCUT2D eigenvalue weighted by Crippen LogP contribution is -2.07. The molecule has 1 aromatic carbocycles. The Morgan fingerprint density at radius 1 is 1.14 bits per heavy atom. The molecule has 0 spiro atoms. The first-order chi connectivity index (χ1) is 10.5. The number of pyridine rings is 1. The predicted molar refractivity (Wildman–Crippen MR) is 84.4 cm³/mol. The van der Waals surface area contributed by atoms with Crippen LogP contribution in [0.1, 0.15) is 22.5 Å². The van der Waals surface area contributed by atoms with Gasteiger partial charge in [0.05, 0.1) is 17.6 Å². The zero-order valence-electron chi connectivity index (χ0n) is 12.8. The fraction of sp³-hybridized carbons (Fsp3) is 0.250. The van der Waals surface area contributed by atoms with Crippen molar-refractivity contribution >= 4 is 17.0 Å². The molecular weight excluding hydrogens is 280 g/mol. The van der Waals surface area contributed by atoms with Gasteiger partial charge >= 0.3 is 0 Å². The minimum absolute atomic E-state index is 0.126. The van der Waals surface area contributed by atoms with Gasteiger partial charge in [0, 0.05) is 5.69 Å². The third kappa shape index (κ3) is 2.37. The summed E-state index contributed by atoms with van der Waals surface area (Å²) in [6.45, 7) is 6.18. The molecule has 0 fully saturated rings. The molecule has 0 aliphatic rings. The van der Waals surface area contributed by atoms with Gasteiger partial charge in [0.2, 0.25) is 5.95 Å². The lowest BCUT2D eigenvalue weighted by molar-refractivity contribution is 0.379. The van der Waals surface area contributed by atoms with Crippen molar-refractivity contribution in [3.8, 4) is 5.75 Å². The fourth-order valence-corrected chi connectivity index (χ4v) is 2.68. The van der Waals surface area contributed by atoms with Gasteiger partial charge in [-0.25, -0.2) is 10.5 Å². The predicted octanol–water partition coefficient (Wildman–Crippen LogP) is 2.91. The average molecular weight is 298 g/mol. The van der Waals surface area contributed by atoms with Gasteiger partial charge in [0.15, 0.2) is 0 Å². The average Bonchev–Trinajstić information content (AvgIpc) is 2.81. The van der Waals surface area contributed by atoms with Crippen LogP contribution in [0.4, 0.5) is 5.95 Å². The molecule has 0 saturated heterocycles. The summed E-state index contributed by atoms with van der Waals surface area (Å²) in [6.07, 6.45) is 0. The van der Waals surface area contributed by atoms with Crippen LogP contribution in [0.15, 0.2) is 24.3 Å². The number of benzene rings is 1. The Morgan fingerprint density at radius 2 is 1.91 bits per heavy atom. The number of aromatic nitrogens is 3. The van der Waals surface area contributed by atoms with Gasteiger partial charge in [-0.3, -0.25) is 10.2 Å². The molecule has 3 N–H and O–H groups in total. The van der Waals surface area contributed by atoms with Crippen LogP contribution >= 0.6 is 0 Å². The Morgan fingerprint density at radius 3 is 2.64 bits per heavy atom. The Hall–Kier alpha value is -2.60. The SMILES string of the molecule is Cc1cc(C)c2nc(NO)n(Cc3nc(C)ccc3O)c2c1. The van der Waals surface area contributed by atoms with Gasteiger partial charge in [-0.05, 0) is 50.1 Å². The summed E-state index contributed by atoms with van der Waals surface area (Å²) in [6, 6.07) is 7.43. The molecule has 2 heterocycles. The van der Waals surface area contributed by atoms with Gasteiger partial charge < -0.3 is 9.67 Å². The molecule has 0 unspecified atom stereocenters. The molecule has 3 rings (SSSR count). The van der Waals surface area contributed by atoms with Gasteiger partial charge in [-0.15, -0.1) is 0 Å². The number of hydrogen-bond donors (Lipinski definition) is 3. The second-order valence-corrected chi connectivity index (χ2v) is 5.50. The van der Waals surface area contributed by atoms with Crippen molar-refractivity contribution < 1.29 is 10.3 Å². The van der Waals surface area contributed by atoms with E-state index in [0.717, 1.165) is 27.9 Å². The molecule has 2 aromatic heterocycles. The van der Waals surface area contributed by atoms with E-state index in [2.05, 4.69) is 15.4 Å². The number of aromatic hydroxyl groups is 1. The maximum absolute atomic E-state index is 10.00. The third-order valence-electron chi connectivity index (χ3n) is 3.69. The van der Waals surface area contributed by atoms with E-state index in [9.17, 15) is 10.3 Å². The largest absolute Gasteiger partial charge is 0.506 e. The van der Waals surface area contributed by atoms with Crippen LogP contribution in [0.2, 0.25) is 0 Å². The van der Waals surface area contributed by atoms with E-state index in [1.165, 1.54) is 0 Å². The zero-order chi connectivity index (χ0) is 15.9. The molecule has 22 heavy (non-hydrogen) atoms. The maximum atomic E-state index is 10.00. The molecule has 6 nitrogen and oxygen atoms in total. The molecule has 6 heteroatoms. The summed E-state index contributed by atoms with van der Waals surface area (Å²) in [5.41, 5.74) is 7.33. The monoisotopic (exact) mass is 298 g/mol. The number of aryl methyl sites for hydroxylation is 3. The van der Waals surface area contributed by atoms with E-state index >= 15 is 0 Å². The first-order valence-electron chi connectivity index (χ1n) is 7.02. The Kier molecular flexibility index (Phi) is 3.46. The van der Waals surface area contributed by atoms with Crippen LogP contribution in [0.3, 0.4) is 0 Å². The molecule has 0 saturated carbocycles. The quantitative estimate of drug-likeness (QED) is 0.648. The molecule has 0 radical (unpaired) electrons. The number of hydrogen-bond acceptors (Lipinski definition) is 5. The van der Waals surface area contributed by atoms with Crippen LogP contribution in [-0.2, 0) is 6.54 Å². The first-order valence-corrected chi connectivity index (χ1v) is 7.02. The molecular formula is C16H18N4O2. The van der Waals surface area contributed by atoms with E-state index in [1.54, 1.807) is 16.7 Å². The third-order valence-corrected chi connectivity index (χ3v) is 3.69. The van der Waals surface area contributed by atoms with Crippen LogP contribution in [0.5, 0.6) is 5.75 Å². The molecule has 114 valence electrons. The van der Waals surface area contributed by atoms with Crippen molar-refractivity contribution in [3.05, 3.63) is 46.8 Å². The van der Waals surface area contributed by atoms with E-state index in [-0.39, 0.29) is 5.75 Å². The topological polar surface area (TPSA) is 83.2 Å². The molecule has 3 aromatic rings. The van der Waals surface area contributed by atoms with E-state index in [4.69, 9.17) is 0 Å². The summed E-state index contributed by atoms with van der Waals surface area (Å²) < 4.78 is 1.80. The summed E-state index contributed by atoms with van der Waals surface area (Å²) >= 11 is 0. The first kappa shape index (κ1) is 14.3. The Balaban J connectivity index is 2.19. The minimum Gasteiger partial charge on any atom is -0.506 e. The highest BCUT2D eigenvalue weighted by molar-refractivity contribution is 5.82. The van der Waals surface area contributed by atoms with E-state index < -0.39 is 0 Å². The Bertz CT molecular complexity index is 855. The highest BCUT2D eigenvalue weighted by atomic mass is 16.5. The molecule has 0 atom stereocenters.